The third kappa shape index (κ3) is 5.13. The maximum atomic E-state index is 5.90. The van der Waals surface area contributed by atoms with E-state index in [1.54, 1.807) is 0 Å². The lowest BCUT2D eigenvalue weighted by molar-refractivity contribution is 0.282. The van der Waals surface area contributed by atoms with Crippen LogP contribution in [0.2, 0.25) is 5.02 Å². The minimum absolute atomic E-state index is 0.664. The van der Waals surface area contributed by atoms with Crippen LogP contribution >= 0.6 is 11.6 Å². The van der Waals surface area contributed by atoms with Gasteiger partial charge in [0.15, 0.2) is 0 Å². The largest absolute Gasteiger partial charge is 0.310 e. The van der Waals surface area contributed by atoms with Crippen LogP contribution in [0.15, 0.2) is 24.3 Å². The van der Waals surface area contributed by atoms with Gasteiger partial charge < -0.3 is 10.2 Å². The molecule has 1 N–H and O–H groups in total. The van der Waals surface area contributed by atoms with Crippen LogP contribution in [0, 0.1) is 0 Å². The summed E-state index contributed by atoms with van der Waals surface area (Å²) in [6, 6.07) is 8.81. The van der Waals surface area contributed by atoms with Crippen LogP contribution in [0.25, 0.3) is 0 Å². The Morgan fingerprint density at radius 2 is 2.00 bits per heavy atom. The summed E-state index contributed by atoms with van der Waals surface area (Å²) in [6.07, 6.45) is 5.16. The number of nitrogens with one attached hydrogen (secondary N) is 1. The first-order valence-corrected chi connectivity index (χ1v) is 7.86. The summed E-state index contributed by atoms with van der Waals surface area (Å²) >= 11 is 5.90. The second-order valence-electron chi connectivity index (χ2n) is 5.48. The van der Waals surface area contributed by atoms with Crippen LogP contribution in [0.3, 0.4) is 0 Å². The molecule has 2 nitrogen and oxygen atoms in total. The van der Waals surface area contributed by atoms with Gasteiger partial charge in [0.05, 0.1) is 0 Å². The molecule has 19 heavy (non-hydrogen) atoms. The van der Waals surface area contributed by atoms with E-state index in [4.69, 9.17) is 11.6 Å². The number of hydrogen-bond acceptors (Lipinski definition) is 2. The Bertz CT molecular complexity index is 364. The van der Waals surface area contributed by atoms with E-state index >= 15 is 0 Å². The Morgan fingerprint density at radius 1 is 1.21 bits per heavy atom. The Labute approximate surface area is 122 Å². The standard InChI is InChI=1S/C16H25ClN2/c1-2-10-19-11-3-4-16(9-12-19)18-13-14-5-7-15(17)8-6-14/h5-8,16,18H,2-4,9-13H2,1H3. The molecule has 0 saturated carbocycles. The predicted molar refractivity (Wildman–Crippen MR) is 82.7 cm³/mol. The zero-order valence-electron chi connectivity index (χ0n) is 11.9. The van der Waals surface area contributed by atoms with E-state index in [0.29, 0.717) is 6.04 Å². The van der Waals surface area contributed by atoms with E-state index in [1.807, 2.05) is 12.1 Å². The molecule has 1 heterocycles. The van der Waals surface area contributed by atoms with E-state index in [0.717, 1.165) is 11.6 Å². The van der Waals surface area contributed by atoms with Crippen molar-refractivity contribution in [1.29, 1.82) is 0 Å². The van der Waals surface area contributed by atoms with Crippen LogP contribution in [-0.2, 0) is 6.54 Å². The average Bonchev–Trinajstić information content (AvgIpc) is 2.64. The first-order valence-electron chi connectivity index (χ1n) is 7.48. The molecule has 0 aliphatic carbocycles. The van der Waals surface area contributed by atoms with Gasteiger partial charge in [-0.05, 0) is 63.0 Å². The molecule has 1 aliphatic heterocycles. The topological polar surface area (TPSA) is 15.3 Å². The molecule has 0 aromatic heterocycles. The van der Waals surface area contributed by atoms with Gasteiger partial charge in [0.2, 0.25) is 0 Å². The third-order valence-electron chi connectivity index (χ3n) is 3.87. The quantitative estimate of drug-likeness (QED) is 0.885. The van der Waals surface area contributed by atoms with Gasteiger partial charge in [0.1, 0.15) is 0 Å². The van der Waals surface area contributed by atoms with Crippen LogP contribution in [-0.4, -0.2) is 30.6 Å². The lowest BCUT2D eigenvalue weighted by Crippen LogP contribution is -2.30. The molecule has 1 unspecified atom stereocenters. The van der Waals surface area contributed by atoms with Crippen LogP contribution in [0.1, 0.15) is 38.2 Å². The number of halogens is 1. The summed E-state index contributed by atoms with van der Waals surface area (Å²) in [6.45, 7) is 6.99. The molecule has 1 atom stereocenters. The SMILES string of the molecule is CCCN1CCCC(NCc2ccc(Cl)cc2)CC1. The number of hydrogen-bond donors (Lipinski definition) is 1. The van der Waals surface area contributed by atoms with E-state index in [2.05, 4.69) is 29.3 Å². The minimum atomic E-state index is 0.664. The maximum Gasteiger partial charge on any atom is 0.0406 e. The Hall–Kier alpha value is -0.570. The fourth-order valence-corrected chi connectivity index (χ4v) is 2.89. The highest BCUT2D eigenvalue weighted by Gasteiger charge is 2.15. The number of nitrogens with zero attached hydrogens (tertiary/aromatic N) is 1. The molecule has 0 bridgehead atoms. The fraction of sp³-hybridized carbons (Fsp3) is 0.625. The molecule has 2 rings (SSSR count). The number of likely N-dealkylation sites (tertiary alicyclic amines) is 1. The minimum Gasteiger partial charge on any atom is -0.310 e. The molecule has 106 valence electrons. The van der Waals surface area contributed by atoms with Gasteiger partial charge in [-0.15, -0.1) is 0 Å². The normalized spacial score (nSPS) is 21.3. The van der Waals surface area contributed by atoms with Gasteiger partial charge in [0.25, 0.3) is 0 Å². The second kappa shape index (κ2) is 7.88. The highest BCUT2D eigenvalue weighted by molar-refractivity contribution is 6.30. The van der Waals surface area contributed by atoms with Crippen molar-refractivity contribution in [2.75, 3.05) is 19.6 Å². The van der Waals surface area contributed by atoms with Crippen molar-refractivity contribution in [2.45, 2.75) is 45.2 Å². The molecule has 3 heteroatoms. The average molecular weight is 281 g/mol. The summed E-state index contributed by atoms with van der Waals surface area (Å²) in [5.74, 6) is 0. The van der Waals surface area contributed by atoms with Gasteiger partial charge in [-0.2, -0.15) is 0 Å². The Kier molecular flexibility index (Phi) is 6.15. The van der Waals surface area contributed by atoms with Gasteiger partial charge in [-0.25, -0.2) is 0 Å². The Morgan fingerprint density at radius 3 is 2.74 bits per heavy atom. The van der Waals surface area contributed by atoms with Crippen molar-refractivity contribution in [1.82, 2.24) is 10.2 Å². The molecule has 0 spiro atoms. The molecule has 1 fully saturated rings. The van der Waals surface area contributed by atoms with E-state index in [9.17, 15) is 0 Å². The molecule has 1 aliphatic rings. The summed E-state index contributed by atoms with van der Waals surface area (Å²) < 4.78 is 0. The van der Waals surface area contributed by atoms with Crippen molar-refractivity contribution in [2.24, 2.45) is 0 Å². The summed E-state index contributed by atoms with van der Waals surface area (Å²) in [5, 5.41) is 4.50. The molecule has 0 amide bonds. The van der Waals surface area contributed by atoms with Crippen LogP contribution < -0.4 is 5.32 Å². The van der Waals surface area contributed by atoms with Crippen molar-refractivity contribution in [3.8, 4) is 0 Å². The molecule has 1 aromatic rings. The molecular formula is C16H25ClN2. The summed E-state index contributed by atoms with van der Waals surface area (Å²) in [5.41, 5.74) is 1.32. The van der Waals surface area contributed by atoms with Crippen LogP contribution in [0.5, 0.6) is 0 Å². The predicted octanol–water partition coefficient (Wildman–Crippen LogP) is 3.69. The van der Waals surface area contributed by atoms with Gasteiger partial charge >= 0.3 is 0 Å². The first-order chi connectivity index (χ1) is 9.28. The monoisotopic (exact) mass is 280 g/mol. The third-order valence-corrected chi connectivity index (χ3v) is 4.12. The van der Waals surface area contributed by atoms with Gasteiger partial charge in [-0.1, -0.05) is 30.7 Å². The van der Waals surface area contributed by atoms with Crippen molar-refractivity contribution in [3.05, 3.63) is 34.9 Å². The second-order valence-corrected chi connectivity index (χ2v) is 5.91. The zero-order chi connectivity index (χ0) is 13.5. The Balaban J connectivity index is 1.75. The molecule has 1 saturated heterocycles. The maximum absolute atomic E-state index is 5.90. The first kappa shape index (κ1) is 14.8. The summed E-state index contributed by atoms with van der Waals surface area (Å²) in [4.78, 5) is 2.60. The lowest BCUT2D eigenvalue weighted by atomic mass is 10.1. The molecule has 1 aromatic carbocycles. The zero-order valence-corrected chi connectivity index (χ0v) is 12.6. The molecular weight excluding hydrogens is 256 g/mol. The lowest BCUT2D eigenvalue weighted by Gasteiger charge is -2.19. The smallest absolute Gasteiger partial charge is 0.0406 e. The highest BCUT2D eigenvalue weighted by atomic mass is 35.5. The van der Waals surface area contributed by atoms with Gasteiger partial charge in [-0.3, -0.25) is 0 Å². The van der Waals surface area contributed by atoms with Gasteiger partial charge in [0, 0.05) is 17.6 Å². The van der Waals surface area contributed by atoms with Crippen molar-refractivity contribution < 1.29 is 0 Å². The fourth-order valence-electron chi connectivity index (χ4n) is 2.76. The van der Waals surface area contributed by atoms with Crippen molar-refractivity contribution >= 4 is 11.6 Å². The van der Waals surface area contributed by atoms with E-state index in [1.165, 1.54) is 50.9 Å². The number of rotatable bonds is 5. The molecule has 0 radical (unpaired) electrons. The number of benzene rings is 1. The van der Waals surface area contributed by atoms with Crippen molar-refractivity contribution in [3.63, 3.8) is 0 Å². The van der Waals surface area contributed by atoms with Crippen LogP contribution in [0.4, 0.5) is 0 Å². The van der Waals surface area contributed by atoms with E-state index in [-0.39, 0.29) is 0 Å². The van der Waals surface area contributed by atoms with E-state index < -0.39 is 0 Å². The summed E-state index contributed by atoms with van der Waals surface area (Å²) in [7, 11) is 0. The highest BCUT2D eigenvalue weighted by Crippen LogP contribution is 2.13.